The second kappa shape index (κ2) is 6.24. The summed E-state index contributed by atoms with van der Waals surface area (Å²) in [6.07, 6.45) is 0.630. The van der Waals surface area contributed by atoms with Crippen molar-refractivity contribution in [3.63, 3.8) is 0 Å². The van der Waals surface area contributed by atoms with Gasteiger partial charge in [-0.25, -0.2) is 13.2 Å². The molecule has 0 aliphatic carbocycles. The number of hydrogen-bond donors (Lipinski definition) is 0. The smallest absolute Gasteiger partial charge is 0.435 e. The molecule has 26 heavy (non-hydrogen) atoms. The number of nitrogens with zero attached hydrogens (tertiary/aromatic N) is 3. The molecule has 0 N–H and O–H groups in total. The highest BCUT2D eigenvalue weighted by molar-refractivity contribution is 8.14. The van der Waals surface area contributed by atoms with Crippen molar-refractivity contribution in [1.29, 1.82) is 0 Å². The Labute approximate surface area is 155 Å². The lowest BCUT2D eigenvalue weighted by Gasteiger charge is -2.19. The second-order valence-electron chi connectivity index (χ2n) is 7.05. The highest BCUT2D eigenvalue weighted by Gasteiger charge is 2.38. The van der Waals surface area contributed by atoms with Crippen LogP contribution < -0.4 is 4.90 Å². The van der Waals surface area contributed by atoms with Crippen molar-refractivity contribution < 1.29 is 22.7 Å². The first-order valence-electron chi connectivity index (χ1n) is 7.91. The number of ether oxygens (including phenoxy) is 1. The lowest BCUT2D eigenvalue weighted by atomic mass is 10.2. The van der Waals surface area contributed by atoms with Crippen molar-refractivity contribution in [2.45, 2.75) is 38.0 Å². The topological polar surface area (TPSA) is 98.6 Å². The summed E-state index contributed by atoms with van der Waals surface area (Å²) >= 11 is 0. The van der Waals surface area contributed by atoms with Crippen molar-refractivity contribution >= 4 is 48.3 Å². The Morgan fingerprint density at radius 3 is 2.62 bits per heavy atom. The molecule has 1 unspecified atom stereocenters. The van der Waals surface area contributed by atoms with E-state index in [1.165, 1.54) is 11.1 Å². The minimum atomic E-state index is -3.84. The van der Waals surface area contributed by atoms with Crippen molar-refractivity contribution in [2.75, 3.05) is 11.4 Å². The fourth-order valence-electron chi connectivity index (χ4n) is 2.82. The molecule has 1 aliphatic rings. The number of carbonyl (C=O) groups excluding carboxylic acids is 2. The minimum absolute atomic E-state index is 0.0403. The number of benzene rings is 1. The second-order valence-corrected chi connectivity index (χ2v) is 9.96. The molecule has 0 saturated carbocycles. The number of hydrogen-bond acceptors (Lipinski definition) is 6. The Morgan fingerprint density at radius 2 is 2.04 bits per heavy atom. The van der Waals surface area contributed by atoms with Crippen molar-refractivity contribution in [2.24, 2.45) is 0 Å². The summed E-state index contributed by atoms with van der Waals surface area (Å²) in [4.78, 5) is 26.0. The Balaban J connectivity index is 2.00. The van der Waals surface area contributed by atoms with Crippen LogP contribution in [0.5, 0.6) is 0 Å². The molecule has 1 saturated heterocycles. The number of carbonyl (C=O) groups is 2. The summed E-state index contributed by atoms with van der Waals surface area (Å²) in [6, 6.07) is 5.01. The molecular formula is C16H18ClN3O5S. The number of aromatic nitrogens is 2. The van der Waals surface area contributed by atoms with E-state index in [0.29, 0.717) is 16.6 Å². The molecule has 1 atom stereocenters. The van der Waals surface area contributed by atoms with Gasteiger partial charge < -0.3 is 9.64 Å². The Hall–Kier alpha value is -2.13. The average molecular weight is 400 g/mol. The van der Waals surface area contributed by atoms with Crippen LogP contribution in [-0.4, -0.2) is 47.6 Å². The van der Waals surface area contributed by atoms with E-state index >= 15 is 0 Å². The first-order chi connectivity index (χ1) is 12.0. The van der Waals surface area contributed by atoms with Crippen molar-refractivity contribution in [3.05, 3.63) is 24.4 Å². The third kappa shape index (κ3) is 3.54. The van der Waals surface area contributed by atoms with Gasteiger partial charge in [-0.1, -0.05) is 6.07 Å². The maximum atomic E-state index is 12.3. The van der Waals surface area contributed by atoms with Gasteiger partial charge in [0.05, 0.1) is 17.4 Å². The molecule has 2 aromatic rings. The molecule has 1 aromatic carbocycles. The van der Waals surface area contributed by atoms with Crippen LogP contribution in [0.25, 0.3) is 10.9 Å². The van der Waals surface area contributed by atoms with E-state index in [0.717, 1.165) is 4.68 Å². The molecular weight excluding hydrogens is 382 g/mol. The monoisotopic (exact) mass is 399 g/mol. The summed E-state index contributed by atoms with van der Waals surface area (Å²) in [5, 5.41) is 3.64. The zero-order valence-electron chi connectivity index (χ0n) is 14.5. The van der Waals surface area contributed by atoms with Crippen molar-refractivity contribution in [1.82, 2.24) is 9.78 Å². The number of rotatable bonds is 2. The van der Waals surface area contributed by atoms with E-state index in [1.807, 2.05) is 0 Å². The van der Waals surface area contributed by atoms with Gasteiger partial charge in [-0.15, -0.1) is 0 Å². The third-order valence-corrected chi connectivity index (χ3v) is 5.80. The fourth-order valence-corrected chi connectivity index (χ4v) is 3.84. The van der Waals surface area contributed by atoms with Crippen LogP contribution in [0.4, 0.5) is 10.5 Å². The fraction of sp³-hybridized carbons (Fsp3) is 0.438. The lowest BCUT2D eigenvalue weighted by molar-refractivity contribution is -0.117. The zero-order chi connectivity index (χ0) is 19.3. The molecule has 0 bridgehead atoms. The van der Waals surface area contributed by atoms with E-state index in [1.54, 1.807) is 39.0 Å². The predicted molar refractivity (Wildman–Crippen MR) is 96.9 cm³/mol. The summed E-state index contributed by atoms with van der Waals surface area (Å²) in [5.74, 6) is -0.350. The molecule has 8 nitrogen and oxygen atoms in total. The van der Waals surface area contributed by atoms with Crippen LogP contribution in [0.1, 0.15) is 27.2 Å². The molecule has 1 aliphatic heterocycles. The molecule has 2 heterocycles. The summed E-state index contributed by atoms with van der Waals surface area (Å²) in [5.41, 5.74) is 0.256. The highest BCUT2D eigenvalue weighted by atomic mass is 35.7. The van der Waals surface area contributed by atoms with Gasteiger partial charge in [-0.2, -0.15) is 9.78 Å². The van der Waals surface area contributed by atoms with Gasteiger partial charge in [-0.05, 0) is 32.9 Å². The Morgan fingerprint density at radius 1 is 1.35 bits per heavy atom. The first kappa shape index (κ1) is 18.7. The molecule has 1 aromatic heterocycles. The molecule has 1 amide bonds. The molecule has 10 heteroatoms. The standard InChI is InChI=1S/C16H18ClN3O5S/c1-16(2,3)25-15(22)20-13-6-4-5-12(11(13)8-18-20)19-9-10(7-14(19)21)26(17,23)24/h4-6,8,10H,7,9H2,1-3H3. The van der Waals surface area contributed by atoms with E-state index in [2.05, 4.69) is 5.10 Å². The van der Waals surface area contributed by atoms with Crippen LogP contribution >= 0.6 is 10.7 Å². The van der Waals surface area contributed by atoms with Crippen molar-refractivity contribution in [3.8, 4) is 0 Å². The van der Waals surface area contributed by atoms with Crippen LogP contribution in [0.3, 0.4) is 0 Å². The number of amides is 1. The zero-order valence-corrected chi connectivity index (χ0v) is 16.0. The van der Waals surface area contributed by atoms with E-state index in [4.69, 9.17) is 15.4 Å². The lowest BCUT2D eigenvalue weighted by Crippen LogP contribution is -2.28. The van der Waals surface area contributed by atoms with Gasteiger partial charge in [0.1, 0.15) is 10.9 Å². The van der Waals surface area contributed by atoms with Gasteiger partial charge >= 0.3 is 6.09 Å². The number of halogens is 1. The van der Waals surface area contributed by atoms with E-state index in [9.17, 15) is 18.0 Å². The number of fused-ring (bicyclic) bond motifs is 1. The average Bonchev–Trinajstić information content (AvgIpc) is 3.08. The molecule has 1 fully saturated rings. The highest BCUT2D eigenvalue weighted by Crippen LogP contribution is 2.32. The first-order valence-corrected chi connectivity index (χ1v) is 10.3. The normalized spacial score (nSPS) is 18.5. The Bertz CT molecular complexity index is 993. The largest absolute Gasteiger partial charge is 0.442 e. The van der Waals surface area contributed by atoms with Gasteiger partial charge in [0.25, 0.3) is 0 Å². The van der Waals surface area contributed by atoms with Gasteiger partial charge in [-0.3, -0.25) is 4.79 Å². The molecule has 0 radical (unpaired) electrons. The van der Waals surface area contributed by atoms with Gasteiger partial charge in [0, 0.05) is 29.0 Å². The van der Waals surface area contributed by atoms with Crippen LogP contribution in [0, 0.1) is 0 Å². The van der Waals surface area contributed by atoms with Crippen LogP contribution in [0.2, 0.25) is 0 Å². The Kier molecular flexibility index (Phi) is 4.48. The third-order valence-electron chi connectivity index (χ3n) is 3.94. The summed E-state index contributed by atoms with van der Waals surface area (Å²) in [6.45, 7) is 5.20. The summed E-state index contributed by atoms with van der Waals surface area (Å²) < 4.78 is 29.5. The van der Waals surface area contributed by atoms with Gasteiger partial charge in [0.15, 0.2) is 0 Å². The molecule has 3 rings (SSSR count). The summed E-state index contributed by atoms with van der Waals surface area (Å²) in [7, 11) is 1.56. The van der Waals surface area contributed by atoms with Gasteiger partial charge in [0.2, 0.25) is 15.0 Å². The number of anilines is 1. The van der Waals surface area contributed by atoms with E-state index < -0.39 is 26.0 Å². The quantitative estimate of drug-likeness (QED) is 0.719. The SMILES string of the molecule is CC(C)(C)OC(=O)n1ncc2c(N3CC(S(=O)(=O)Cl)CC3=O)cccc21. The minimum Gasteiger partial charge on any atom is -0.442 e. The maximum absolute atomic E-state index is 12.3. The molecule has 140 valence electrons. The van der Waals surface area contributed by atoms with Crippen LogP contribution in [-0.2, 0) is 18.6 Å². The predicted octanol–water partition coefficient (Wildman–Crippen LogP) is 2.49. The molecule has 0 spiro atoms. The van der Waals surface area contributed by atoms with E-state index in [-0.39, 0.29) is 18.9 Å². The van der Waals surface area contributed by atoms with Crippen LogP contribution in [0.15, 0.2) is 24.4 Å². The maximum Gasteiger partial charge on any atom is 0.435 e.